The molecule has 0 spiro atoms. The molecule has 116 valence electrons. The molecule has 4 aromatic rings. The minimum Gasteiger partial charge on any atom is -0.306 e. The Morgan fingerprint density at radius 2 is 1.87 bits per heavy atom. The van der Waals surface area contributed by atoms with Crippen LogP contribution in [0.4, 0.5) is 5.69 Å². The third-order valence-corrected chi connectivity index (χ3v) is 4.88. The van der Waals surface area contributed by atoms with Crippen molar-refractivity contribution in [2.24, 2.45) is 0 Å². The SMILES string of the molecule is O=c1[nH]c2ccc(S(=O)(=O)Nc3cccc4cn[nH]c34)cc2[nH]1. The molecule has 0 saturated carbocycles. The third-order valence-electron chi connectivity index (χ3n) is 3.52. The maximum absolute atomic E-state index is 12.6. The van der Waals surface area contributed by atoms with Gasteiger partial charge in [0.1, 0.15) is 0 Å². The Morgan fingerprint density at radius 3 is 2.74 bits per heavy atom. The van der Waals surface area contributed by atoms with Gasteiger partial charge in [-0.25, -0.2) is 13.2 Å². The number of fused-ring (bicyclic) bond motifs is 2. The van der Waals surface area contributed by atoms with Crippen LogP contribution in [0.2, 0.25) is 0 Å². The first-order valence-corrected chi connectivity index (χ1v) is 8.18. The van der Waals surface area contributed by atoms with Gasteiger partial charge in [0.2, 0.25) is 0 Å². The molecule has 0 aliphatic rings. The van der Waals surface area contributed by atoms with Crippen molar-refractivity contribution in [3.63, 3.8) is 0 Å². The van der Waals surface area contributed by atoms with Crippen LogP contribution in [-0.2, 0) is 10.0 Å². The molecule has 23 heavy (non-hydrogen) atoms. The number of para-hydroxylation sites is 1. The molecule has 0 aliphatic heterocycles. The van der Waals surface area contributed by atoms with Crippen molar-refractivity contribution in [1.29, 1.82) is 0 Å². The Hall–Kier alpha value is -3.07. The molecular formula is C14H11N5O3S. The number of aromatic nitrogens is 4. The molecule has 2 aromatic carbocycles. The summed E-state index contributed by atoms with van der Waals surface area (Å²) in [7, 11) is -3.80. The highest BCUT2D eigenvalue weighted by atomic mass is 32.2. The quantitative estimate of drug-likeness (QED) is 0.455. The molecular weight excluding hydrogens is 318 g/mol. The maximum atomic E-state index is 12.6. The van der Waals surface area contributed by atoms with Crippen LogP contribution < -0.4 is 10.4 Å². The van der Waals surface area contributed by atoms with Crippen LogP contribution in [0, 0.1) is 0 Å². The van der Waals surface area contributed by atoms with Gasteiger partial charge in [-0.15, -0.1) is 0 Å². The largest absolute Gasteiger partial charge is 0.323 e. The molecule has 0 fully saturated rings. The zero-order chi connectivity index (χ0) is 16.0. The summed E-state index contributed by atoms with van der Waals surface area (Å²) in [4.78, 5) is 16.4. The number of nitrogens with one attached hydrogen (secondary N) is 4. The van der Waals surface area contributed by atoms with Crippen LogP contribution in [-0.4, -0.2) is 28.6 Å². The zero-order valence-electron chi connectivity index (χ0n) is 11.6. The van der Waals surface area contributed by atoms with Crippen LogP contribution >= 0.6 is 0 Å². The molecule has 0 bridgehead atoms. The number of benzene rings is 2. The smallest absolute Gasteiger partial charge is 0.306 e. The average molecular weight is 329 g/mol. The van der Waals surface area contributed by atoms with Gasteiger partial charge < -0.3 is 9.97 Å². The van der Waals surface area contributed by atoms with Crippen LogP contribution in [0.5, 0.6) is 0 Å². The first-order chi connectivity index (χ1) is 11.0. The third kappa shape index (κ3) is 2.27. The summed E-state index contributed by atoms with van der Waals surface area (Å²) in [6.07, 6.45) is 1.61. The standard InChI is InChI=1S/C14H11N5O3S/c20-14-16-10-5-4-9(6-12(10)17-14)23(21,22)19-11-3-1-2-8-7-15-18-13(8)11/h1-7,19H,(H,15,18)(H2,16,17,20). The maximum Gasteiger partial charge on any atom is 0.323 e. The van der Waals surface area contributed by atoms with E-state index < -0.39 is 10.0 Å². The molecule has 2 heterocycles. The van der Waals surface area contributed by atoms with Gasteiger partial charge in [0.05, 0.1) is 33.3 Å². The van der Waals surface area contributed by atoms with Gasteiger partial charge in [0.15, 0.2) is 0 Å². The Kier molecular flexibility index (Phi) is 2.78. The second kappa shape index (κ2) is 4.71. The lowest BCUT2D eigenvalue weighted by atomic mass is 10.2. The van der Waals surface area contributed by atoms with Crippen molar-refractivity contribution in [2.75, 3.05) is 4.72 Å². The fraction of sp³-hybridized carbons (Fsp3) is 0. The van der Waals surface area contributed by atoms with Gasteiger partial charge in [-0.2, -0.15) is 5.10 Å². The van der Waals surface area contributed by atoms with Crippen LogP contribution in [0.3, 0.4) is 0 Å². The molecule has 8 nitrogen and oxygen atoms in total. The summed E-state index contributed by atoms with van der Waals surface area (Å²) >= 11 is 0. The topological polar surface area (TPSA) is 124 Å². The van der Waals surface area contributed by atoms with E-state index in [-0.39, 0.29) is 10.6 Å². The van der Waals surface area contributed by atoms with Gasteiger partial charge >= 0.3 is 5.69 Å². The van der Waals surface area contributed by atoms with E-state index >= 15 is 0 Å². The van der Waals surface area contributed by atoms with Crippen molar-refractivity contribution in [1.82, 2.24) is 20.2 Å². The zero-order valence-corrected chi connectivity index (χ0v) is 12.4. The van der Waals surface area contributed by atoms with Crippen LogP contribution in [0.15, 0.2) is 52.3 Å². The molecule has 0 amide bonds. The number of hydrogen-bond donors (Lipinski definition) is 4. The summed E-state index contributed by atoms with van der Waals surface area (Å²) < 4.78 is 27.7. The second-order valence-electron chi connectivity index (χ2n) is 5.03. The van der Waals surface area contributed by atoms with Crippen molar-refractivity contribution in [3.8, 4) is 0 Å². The molecule has 9 heteroatoms. The summed E-state index contributed by atoms with van der Waals surface area (Å²) in [6.45, 7) is 0. The summed E-state index contributed by atoms with van der Waals surface area (Å²) in [5.74, 6) is 0. The van der Waals surface area contributed by atoms with E-state index in [4.69, 9.17) is 0 Å². The predicted octanol–water partition coefficient (Wildman–Crippen LogP) is 1.53. The lowest BCUT2D eigenvalue weighted by Gasteiger charge is -2.09. The molecule has 4 N–H and O–H groups in total. The average Bonchev–Trinajstić information content (AvgIpc) is 3.11. The highest BCUT2D eigenvalue weighted by Gasteiger charge is 2.17. The Labute approximate surface area is 129 Å². The lowest BCUT2D eigenvalue weighted by Crippen LogP contribution is -2.13. The van der Waals surface area contributed by atoms with Gasteiger partial charge in [-0.3, -0.25) is 9.82 Å². The van der Waals surface area contributed by atoms with Crippen LogP contribution in [0.1, 0.15) is 0 Å². The Balaban J connectivity index is 1.79. The van der Waals surface area contributed by atoms with E-state index in [0.29, 0.717) is 22.2 Å². The Bertz CT molecular complexity index is 1190. The lowest BCUT2D eigenvalue weighted by molar-refractivity contribution is 0.601. The number of rotatable bonds is 3. The van der Waals surface area contributed by atoms with E-state index in [9.17, 15) is 13.2 Å². The normalized spacial score (nSPS) is 12.0. The van der Waals surface area contributed by atoms with Gasteiger partial charge in [0.25, 0.3) is 10.0 Å². The van der Waals surface area contributed by atoms with E-state index in [2.05, 4.69) is 24.9 Å². The minimum atomic E-state index is -3.80. The molecule has 0 unspecified atom stereocenters. The molecule has 4 rings (SSSR count). The number of anilines is 1. The van der Waals surface area contributed by atoms with Gasteiger partial charge in [0, 0.05) is 5.39 Å². The number of H-pyrrole nitrogens is 3. The molecule has 0 aliphatic carbocycles. The molecule has 0 saturated heterocycles. The number of sulfonamides is 1. The van der Waals surface area contributed by atoms with Crippen LogP contribution in [0.25, 0.3) is 21.9 Å². The highest BCUT2D eigenvalue weighted by Crippen LogP contribution is 2.24. The van der Waals surface area contributed by atoms with E-state index in [1.54, 1.807) is 24.4 Å². The van der Waals surface area contributed by atoms with E-state index in [0.717, 1.165) is 5.39 Å². The van der Waals surface area contributed by atoms with E-state index in [1.807, 2.05) is 6.07 Å². The van der Waals surface area contributed by atoms with Crippen molar-refractivity contribution in [2.45, 2.75) is 4.90 Å². The first kappa shape index (κ1) is 13.6. The number of aromatic amines is 3. The molecule has 2 aromatic heterocycles. The number of nitrogens with zero attached hydrogens (tertiary/aromatic N) is 1. The fourth-order valence-electron chi connectivity index (χ4n) is 2.44. The van der Waals surface area contributed by atoms with Crippen molar-refractivity contribution >= 4 is 37.6 Å². The second-order valence-corrected chi connectivity index (χ2v) is 6.71. The van der Waals surface area contributed by atoms with E-state index in [1.165, 1.54) is 12.1 Å². The molecule has 0 radical (unpaired) electrons. The summed E-state index contributed by atoms with van der Waals surface area (Å²) in [5, 5.41) is 7.47. The van der Waals surface area contributed by atoms with Gasteiger partial charge in [-0.05, 0) is 24.3 Å². The fourth-order valence-corrected chi connectivity index (χ4v) is 3.53. The Morgan fingerprint density at radius 1 is 1.04 bits per heavy atom. The molecule has 0 atom stereocenters. The van der Waals surface area contributed by atoms with Crippen molar-refractivity contribution in [3.05, 3.63) is 53.1 Å². The number of hydrogen-bond acceptors (Lipinski definition) is 4. The van der Waals surface area contributed by atoms with Crippen molar-refractivity contribution < 1.29 is 8.42 Å². The first-order valence-electron chi connectivity index (χ1n) is 6.70. The number of imidazole rings is 1. The predicted molar refractivity (Wildman–Crippen MR) is 85.8 cm³/mol. The monoisotopic (exact) mass is 329 g/mol. The summed E-state index contributed by atoms with van der Waals surface area (Å²) in [6, 6.07) is 9.59. The van der Waals surface area contributed by atoms with Gasteiger partial charge in [-0.1, -0.05) is 12.1 Å². The summed E-state index contributed by atoms with van der Waals surface area (Å²) in [5.41, 5.74) is 1.60. The minimum absolute atomic E-state index is 0.0526. The highest BCUT2D eigenvalue weighted by molar-refractivity contribution is 7.92.